The molecule has 4 rings (SSSR count). The van der Waals surface area contributed by atoms with Crippen LogP contribution in [0, 0.1) is 5.92 Å². The highest BCUT2D eigenvalue weighted by Gasteiger charge is 2.47. The van der Waals surface area contributed by atoms with Gasteiger partial charge in [-0.3, -0.25) is 9.69 Å². The molecule has 142 valence electrons. The van der Waals surface area contributed by atoms with E-state index in [0.717, 1.165) is 32.6 Å². The number of nitrogens with zero attached hydrogens (tertiary/aromatic N) is 2. The lowest BCUT2D eigenvalue weighted by atomic mass is 9.94. The molecule has 0 bridgehead atoms. The van der Waals surface area contributed by atoms with Crippen LogP contribution in [0.4, 0.5) is 0 Å². The number of rotatable bonds is 4. The highest BCUT2D eigenvalue weighted by atomic mass is 16.2. The van der Waals surface area contributed by atoms with Gasteiger partial charge in [0.1, 0.15) is 0 Å². The average molecular weight is 363 g/mol. The van der Waals surface area contributed by atoms with Crippen LogP contribution in [0.15, 0.2) is 54.6 Å². The number of likely N-dealkylation sites (tertiary alicyclic amines) is 2. The van der Waals surface area contributed by atoms with E-state index < -0.39 is 0 Å². The Balaban J connectivity index is 1.45. The molecule has 0 aliphatic carbocycles. The molecule has 0 aromatic heterocycles. The van der Waals surface area contributed by atoms with Gasteiger partial charge in [-0.05, 0) is 42.5 Å². The minimum Gasteiger partial charge on any atom is -0.341 e. The lowest BCUT2D eigenvalue weighted by molar-refractivity contribution is -0.133. The second-order valence-electron chi connectivity index (χ2n) is 8.48. The van der Waals surface area contributed by atoms with Crippen LogP contribution in [0.5, 0.6) is 0 Å². The Morgan fingerprint density at radius 2 is 1.67 bits per heavy atom. The maximum atomic E-state index is 12.4. The van der Waals surface area contributed by atoms with Crippen molar-refractivity contribution in [3.63, 3.8) is 0 Å². The zero-order valence-corrected chi connectivity index (χ0v) is 16.5. The lowest BCUT2D eigenvalue weighted by Gasteiger charge is -2.35. The van der Waals surface area contributed by atoms with Gasteiger partial charge in [0.2, 0.25) is 5.91 Å². The van der Waals surface area contributed by atoms with Gasteiger partial charge in [-0.25, -0.2) is 0 Å². The van der Waals surface area contributed by atoms with Gasteiger partial charge in [0, 0.05) is 31.1 Å². The molecule has 0 N–H and O–H groups in total. The molecule has 1 atom stereocenters. The number of hydrogen-bond acceptors (Lipinski definition) is 2. The summed E-state index contributed by atoms with van der Waals surface area (Å²) in [7, 11) is 0. The van der Waals surface area contributed by atoms with E-state index in [-0.39, 0.29) is 11.5 Å². The fourth-order valence-electron chi connectivity index (χ4n) is 4.77. The van der Waals surface area contributed by atoms with Crippen LogP contribution in [0.1, 0.15) is 38.7 Å². The summed E-state index contributed by atoms with van der Waals surface area (Å²) in [5.74, 6) is 0.409. The minimum absolute atomic E-state index is 0.0977. The average Bonchev–Trinajstić information content (AvgIpc) is 3.30. The Hall–Kier alpha value is -2.13. The molecule has 2 saturated heterocycles. The topological polar surface area (TPSA) is 23.6 Å². The fraction of sp³-hybridized carbons (Fsp3) is 0.458. The second kappa shape index (κ2) is 7.47. The Bertz CT molecular complexity index is 784. The molecule has 0 saturated carbocycles. The maximum absolute atomic E-state index is 12.4. The first-order valence-corrected chi connectivity index (χ1v) is 10.3. The van der Waals surface area contributed by atoms with Gasteiger partial charge in [0.05, 0.1) is 0 Å². The Kier molecular flexibility index (Phi) is 5.05. The zero-order chi connectivity index (χ0) is 18.9. The van der Waals surface area contributed by atoms with Crippen molar-refractivity contribution in [3.05, 3.63) is 60.2 Å². The van der Waals surface area contributed by atoms with Crippen LogP contribution >= 0.6 is 0 Å². The standard InChI is InChI=1S/C24H30N2O/c1-19(2)23(27)25-16-14-24(18-25)13-6-15-26(24)17-20-9-11-22(12-10-20)21-7-4-3-5-8-21/h3-5,7-12,19H,6,13-18H2,1-2H3/t24-/m0/s1. The molecule has 27 heavy (non-hydrogen) atoms. The monoisotopic (exact) mass is 362 g/mol. The summed E-state index contributed by atoms with van der Waals surface area (Å²) in [6.07, 6.45) is 3.58. The third-order valence-corrected chi connectivity index (χ3v) is 6.31. The van der Waals surface area contributed by atoms with Crippen LogP contribution in [0.25, 0.3) is 11.1 Å². The Morgan fingerprint density at radius 3 is 2.37 bits per heavy atom. The summed E-state index contributed by atoms with van der Waals surface area (Å²) in [6.45, 7) is 7.97. The van der Waals surface area contributed by atoms with Crippen molar-refractivity contribution in [2.24, 2.45) is 5.92 Å². The van der Waals surface area contributed by atoms with Gasteiger partial charge in [-0.2, -0.15) is 0 Å². The molecule has 2 aliphatic heterocycles. The summed E-state index contributed by atoms with van der Waals surface area (Å²) in [6, 6.07) is 19.5. The van der Waals surface area contributed by atoms with E-state index >= 15 is 0 Å². The number of carbonyl (C=O) groups is 1. The molecule has 2 fully saturated rings. The van der Waals surface area contributed by atoms with E-state index in [9.17, 15) is 4.79 Å². The van der Waals surface area contributed by atoms with Crippen LogP contribution in [-0.4, -0.2) is 40.9 Å². The van der Waals surface area contributed by atoms with E-state index in [4.69, 9.17) is 0 Å². The number of carbonyl (C=O) groups excluding carboxylic acids is 1. The summed E-state index contributed by atoms with van der Waals surface area (Å²) in [5, 5.41) is 0. The maximum Gasteiger partial charge on any atom is 0.225 e. The molecule has 2 aromatic carbocycles. The third-order valence-electron chi connectivity index (χ3n) is 6.31. The first kappa shape index (κ1) is 18.2. The van der Waals surface area contributed by atoms with E-state index in [1.165, 1.54) is 29.5 Å². The van der Waals surface area contributed by atoms with Crippen molar-refractivity contribution >= 4 is 5.91 Å². The van der Waals surface area contributed by atoms with Gasteiger partial charge < -0.3 is 4.90 Å². The molecule has 1 amide bonds. The molecule has 0 radical (unpaired) electrons. The van der Waals surface area contributed by atoms with E-state index in [2.05, 4.69) is 64.4 Å². The second-order valence-corrected chi connectivity index (χ2v) is 8.48. The molecule has 3 heteroatoms. The van der Waals surface area contributed by atoms with E-state index in [0.29, 0.717) is 5.91 Å². The summed E-state index contributed by atoms with van der Waals surface area (Å²) in [5.41, 5.74) is 4.10. The largest absolute Gasteiger partial charge is 0.341 e. The highest BCUT2D eigenvalue weighted by molar-refractivity contribution is 5.78. The predicted octanol–water partition coefficient (Wildman–Crippen LogP) is 4.58. The highest BCUT2D eigenvalue weighted by Crippen LogP contribution is 2.39. The summed E-state index contributed by atoms with van der Waals surface area (Å²) >= 11 is 0. The van der Waals surface area contributed by atoms with Gasteiger partial charge in [-0.15, -0.1) is 0 Å². The Labute approximate surface area is 163 Å². The molecular weight excluding hydrogens is 332 g/mol. The van der Waals surface area contributed by atoms with Gasteiger partial charge in [0.15, 0.2) is 0 Å². The molecular formula is C24H30N2O. The molecule has 0 unspecified atom stereocenters. The van der Waals surface area contributed by atoms with Crippen molar-refractivity contribution in [2.75, 3.05) is 19.6 Å². The van der Waals surface area contributed by atoms with Crippen LogP contribution in [0.2, 0.25) is 0 Å². The van der Waals surface area contributed by atoms with Crippen molar-refractivity contribution in [2.45, 2.75) is 45.2 Å². The van der Waals surface area contributed by atoms with E-state index in [1.807, 2.05) is 13.8 Å². The zero-order valence-electron chi connectivity index (χ0n) is 16.5. The fourth-order valence-corrected chi connectivity index (χ4v) is 4.77. The SMILES string of the molecule is CC(C)C(=O)N1CC[C@@]2(CCCN2Cc2ccc(-c3ccccc3)cc2)C1. The van der Waals surface area contributed by atoms with Crippen molar-refractivity contribution in [1.82, 2.24) is 9.80 Å². The van der Waals surface area contributed by atoms with Gasteiger partial charge >= 0.3 is 0 Å². The Morgan fingerprint density at radius 1 is 0.963 bits per heavy atom. The lowest BCUT2D eigenvalue weighted by Crippen LogP contribution is -2.46. The van der Waals surface area contributed by atoms with Gasteiger partial charge in [-0.1, -0.05) is 68.4 Å². The predicted molar refractivity (Wildman–Crippen MR) is 110 cm³/mol. The molecule has 2 aliphatic rings. The quantitative estimate of drug-likeness (QED) is 0.795. The molecule has 2 aromatic rings. The van der Waals surface area contributed by atoms with Crippen molar-refractivity contribution < 1.29 is 4.79 Å². The van der Waals surface area contributed by atoms with Crippen molar-refractivity contribution in [1.29, 1.82) is 0 Å². The molecule has 1 spiro atoms. The minimum atomic E-state index is 0.0977. The first-order valence-electron chi connectivity index (χ1n) is 10.3. The summed E-state index contributed by atoms with van der Waals surface area (Å²) < 4.78 is 0. The van der Waals surface area contributed by atoms with E-state index in [1.54, 1.807) is 0 Å². The smallest absolute Gasteiger partial charge is 0.225 e. The third kappa shape index (κ3) is 3.66. The first-order chi connectivity index (χ1) is 13.1. The number of hydrogen-bond donors (Lipinski definition) is 0. The van der Waals surface area contributed by atoms with Crippen LogP contribution < -0.4 is 0 Å². The van der Waals surface area contributed by atoms with Gasteiger partial charge in [0.25, 0.3) is 0 Å². The van der Waals surface area contributed by atoms with Crippen molar-refractivity contribution in [3.8, 4) is 11.1 Å². The number of benzene rings is 2. The molecule has 3 nitrogen and oxygen atoms in total. The number of amides is 1. The normalized spacial score (nSPS) is 22.9. The van der Waals surface area contributed by atoms with Crippen LogP contribution in [0.3, 0.4) is 0 Å². The molecule has 2 heterocycles. The summed E-state index contributed by atoms with van der Waals surface area (Å²) in [4.78, 5) is 17.2. The van der Waals surface area contributed by atoms with Crippen LogP contribution in [-0.2, 0) is 11.3 Å².